The van der Waals surface area contributed by atoms with Crippen molar-refractivity contribution in [3.05, 3.63) is 5.01 Å². The maximum absolute atomic E-state index is 12.1. The summed E-state index contributed by atoms with van der Waals surface area (Å²) in [5.41, 5.74) is 0. The minimum absolute atomic E-state index is 0.206. The van der Waals surface area contributed by atoms with Crippen LogP contribution >= 0.6 is 11.3 Å². The summed E-state index contributed by atoms with van der Waals surface area (Å²) in [4.78, 5) is 14.5. The molecule has 1 atom stereocenters. The van der Waals surface area contributed by atoms with E-state index in [1.807, 2.05) is 0 Å². The molecule has 0 spiro atoms. The SMILES string of the molecule is CC(C)[C@@H](CNC(=O)Nc1nnc(C2CC2)s1)N1CCOCC1. The van der Waals surface area contributed by atoms with Crippen molar-refractivity contribution in [1.82, 2.24) is 20.4 Å². The third-order valence-corrected chi connectivity index (χ3v) is 5.34. The zero-order valence-electron chi connectivity index (χ0n) is 13.7. The average Bonchev–Trinajstić information content (AvgIpc) is 3.29. The third-order valence-electron chi connectivity index (χ3n) is 4.34. The van der Waals surface area contributed by atoms with Gasteiger partial charge in [-0.3, -0.25) is 10.2 Å². The molecule has 7 nitrogen and oxygen atoms in total. The molecular weight excluding hydrogens is 314 g/mol. The Hall–Kier alpha value is -1.25. The minimum atomic E-state index is -0.206. The lowest BCUT2D eigenvalue weighted by atomic mass is 10.0. The van der Waals surface area contributed by atoms with E-state index >= 15 is 0 Å². The van der Waals surface area contributed by atoms with Crippen molar-refractivity contribution in [3.8, 4) is 0 Å². The molecule has 2 aliphatic rings. The van der Waals surface area contributed by atoms with E-state index in [9.17, 15) is 4.79 Å². The number of anilines is 1. The smallest absolute Gasteiger partial charge is 0.321 e. The molecule has 2 heterocycles. The molecule has 2 amide bonds. The van der Waals surface area contributed by atoms with Gasteiger partial charge in [0, 0.05) is 31.6 Å². The molecule has 1 aliphatic carbocycles. The second-order valence-corrected chi connectivity index (χ2v) is 7.52. The number of ether oxygens (including phenoxy) is 1. The highest BCUT2D eigenvalue weighted by atomic mass is 32.1. The molecule has 0 unspecified atom stereocenters. The molecule has 23 heavy (non-hydrogen) atoms. The van der Waals surface area contributed by atoms with E-state index in [-0.39, 0.29) is 6.03 Å². The third kappa shape index (κ3) is 4.62. The van der Waals surface area contributed by atoms with E-state index in [0.29, 0.717) is 29.6 Å². The average molecular weight is 339 g/mol. The van der Waals surface area contributed by atoms with Gasteiger partial charge in [0.25, 0.3) is 0 Å². The monoisotopic (exact) mass is 339 g/mol. The Morgan fingerprint density at radius 1 is 1.35 bits per heavy atom. The lowest BCUT2D eigenvalue weighted by Crippen LogP contribution is -2.51. The highest BCUT2D eigenvalue weighted by Gasteiger charge is 2.28. The van der Waals surface area contributed by atoms with Crippen LogP contribution in [0.1, 0.15) is 37.6 Å². The Morgan fingerprint density at radius 3 is 2.74 bits per heavy atom. The van der Waals surface area contributed by atoms with Crippen molar-refractivity contribution < 1.29 is 9.53 Å². The largest absolute Gasteiger partial charge is 0.379 e. The van der Waals surface area contributed by atoms with Gasteiger partial charge in [0.2, 0.25) is 5.13 Å². The number of amides is 2. The van der Waals surface area contributed by atoms with E-state index in [1.54, 1.807) is 0 Å². The lowest BCUT2D eigenvalue weighted by Gasteiger charge is -2.36. The van der Waals surface area contributed by atoms with E-state index < -0.39 is 0 Å². The van der Waals surface area contributed by atoms with Crippen LogP contribution in [0.15, 0.2) is 0 Å². The molecule has 1 aromatic rings. The first-order valence-electron chi connectivity index (χ1n) is 8.33. The summed E-state index contributed by atoms with van der Waals surface area (Å²) in [5.74, 6) is 1.04. The van der Waals surface area contributed by atoms with Crippen molar-refractivity contribution in [2.75, 3.05) is 38.2 Å². The Morgan fingerprint density at radius 2 is 2.09 bits per heavy atom. The molecule has 1 saturated heterocycles. The van der Waals surface area contributed by atoms with Gasteiger partial charge in [0.15, 0.2) is 0 Å². The Balaban J connectivity index is 1.47. The number of carbonyl (C=O) groups is 1. The summed E-state index contributed by atoms with van der Waals surface area (Å²) >= 11 is 1.48. The van der Waals surface area contributed by atoms with Gasteiger partial charge in [-0.25, -0.2) is 4.79 Å². The Labute approximate surface area is 140 Å². The fourth-order valence-electron chi connectivity index (χ4n) is 2.81. The summed E-state index contributed by atoms with van der Waals surface area (Å²) in [7, 11) is 0. The van der Waals surface area contributed by atoms with Crippen LogP contribution < -0.4 is 10.6 Å². The number of morpholine rings is 1. The fraction of sp³-hybridized carbons (Fsp3) is 0.800. The molecule has 8 heteroatoms. The first-order valence-corrected chi connectivity index (χ1v) is 9.15. The molecule has 2 fully saturated rings. The van der Waals surface area contributed by atoms with Gasteiger partial charge >= 0.3 is 6.03 Å². The molecule has 3 rings (SSSR count). The molecule has 2 N–H and O–H groups in total. The molecule has 1 aliphatic heterocycles. The zero-order valence-corrected chi connectivity index (χ0v) is 14.6. The maximum Gasteiger partial charge on any atom is 0.321 e. The van der Waals surface area contributed by atoms with Gasteiger partial charge in [-0.05, 0) is 18.8 Å². The Bertz CT molecular complexity index is 526. The molecule has 128 valence electrons. The molecule has 1 aromatic heterocycles. The molecule has 0 bridgehead atoms. The molecular formula is C15H25N5O2S. The summed E-state index contributed by atoms with van der Waals surface area (Å²) < 4.78 is 5.41. The van der Waals surface area contributed by atoms with Crippen LogP contribution in [0, 0.1) is 5.92 Å². The lowest BCUT2D eigenvalue weighted by molar-refractivity contribution is 0.00728. The Kier molecular flexibility index (Phi) is 5.45. The molecule has 1 saturated carbocycles. The van der Waals surface area contributed by atoms with Crippen LogP contribution in [0.25, 0.3) is 0 Å². The van der Waals surface area contributed by atoms with Crippen molar-refractivity contribution in [2.24, 2.45) is 5.92 Å². The number of aromatic nitrogens is 2. The number of urea groups is 1. The van der Waals surface area contributed by atoms with Gasteiger partial charge in [-0.2, -0.15) is 0 Å². The van der Waals surface area contributed by atoms with Crippen molar-refractivity contribution >= 4 is 22.5 Å². The summed E-state index contributed by atoms with van der Waals surface area (Å²) in [6, 6.07) is 0.114. The zero-order chi connectivity index (χ0) is 16.2. The number of hydrogen-bond donors (Lipinski definition) is 2. The van der Waals surface area contributed by atoms with E-state index in [0.717, 1.165) is 31.3 Å². The predicted molar refractivity (Wildman–Crippen MR) is 89.9 cm³/mol. The van der Waals surface area contributed by atoms with Gasteiger partial charge in [0.1, 0.15) is 5.01 Å². The van der Waals surface area contributed by atoms with Gasteiger partial charge in [0.05, 0.1) is 13.2 Å². The van der Waals surface area contributed by atoms with Crippen molar-refractivity contribution in [3.63, 3.8) is 0 Å². The quantitative estimate of drug-likeness (QED) is 0.827. The first kappa shape index (κ1) is 16.6. The first-order chi connectivity index (χ1) is 11.1. The second kappa shape index (κ2) is 7.55. The van der Waals surface area contributed by atoms with Gasteiger partial charge < -0.3 is 10.1 Å². The van der Waals surface area contributed by atoms with Crippen LogP contribution in [-0.2, 0) is 4.74 Å². The normalized spacial score (nSPS) is 20.5. The van der Waals surface area contributed by atoms with Crippen LogP contribution in [0.2, 0.25) is 0 Å². The number of nitrogens with one attached hydrogen (secondary N) is 2. The number of carbonyl (C=O) groups excluding carboxylic acids is 1. The topological polar surface area (TPSA) is 79.4 Å². The minimum Gasteiger partial charge on any atom is -0.379 e. The van der Waals surface area contributed by atoms with E-state index in [4.69, 9.17) is 4.74 Å². The predicted octanol–water partition coefficient (Wildman–Crippen LogP) is 1.89. The van der Waals surface area contributed by atoms with Gasteiger partial charge in [-0.15, -0.1) is 10.2 Å². The molecule has 0 radical (unpaired) electrons. The second-order valence-electron chi connectivity index (χ2n) is 6.51. The van der Waals surface area contributed by atoms with E-state index in [2.05, 4.69) is 39.6 Å². The fourth-order valence-corrected chi connectivity index (χ4v) is 3.72. The van der Waals surface area contributed by atoms with E-state index in [1.165, 1.54) is 24.2 Å². The highest BCUT2D eigenvalue weighted by molar-refractivity contribution is 7.15. The van der Waals surface area contributed by atoms with Crippen LogP contribution in [-0.4, -0.2) is 60.0 Å². The number of rotatable bonds is 6. The number of nitrogens with zero attached hydrogens (tertiary/aromatic N) is 3. The number of hydrogen-bond acceptors (Lipinski definition) is 6. The van der Waals surface area contributed by atoms with Crippen LogP contribution in [0.5, 0.6) is 0 Å². The standard InChI is InChI=1S/C15H25N5O2S/c1-10(2)12(20-5-7-22-8-6-20)9-16-14(21)17-15-19-18-13(23-15)11-3-4-11/h10-12H,3-9H2,1-2H3,(H2,16,17,19,21)/t12-/m1/s1. The highest BCUT2D eigenvalue weighted by Crippen LogP contribution is 2.41. The summed E-state index contributed by atoms with van der Waals surface area (Å²) in [6.07, 6.45) is 2.38. The van der Waals surface area contributed by atoms with Crippen LogP contribution in [0.4, 0.5) is 9.93 Å². The summed E-state index contributed by atoms with van der Waals surface area (Å²) in [5, 5.41) is 15.6. The summed E-state index contributed by atoms with van der Waals surface area (Å²) in [6.45, 7) is 8.38. The van der Waals surface area contributed by atoms with Crippen molar-refractivity contribution in [1.29, 1.82) is 0 Å². The van der Waals surface area contributed by atoms with Crippen molar-refractivity contribution in [2.45, 2.75) is 38.6 Å². The maximum atomic E-state index is 12.1. The van der Waals surface area contributed by atoms with Gasteiger partial charge in [-0.1, -0.05) is 25.2 Å². The molecule has 0 aromatic carbocycles. The van der Waals surface area contributed by atoms with Crippen LogP contribution in [0.3, 0.4) is 0 Å².